The van der Waals surface area contributed by atoms with Gasteiger partial charge in [0, 0.05) is 48.5 Å². The van der Waals surface area contributed by atoms with Gasteiger partial charge >= 0.3 is 0 Å². The van der Waals surface area contributed by atoms with Crippen molar-refractivity contribution in [1.82, 2.24) is 14.5 Å². The Morgan fingerprint density at radius 3 is 2.87 bits per heavy atom. The van der Waals surface area contributed by atoms with E-state index < -0.39 is 0 Å². The first-order valence-electron chi connectivity index (χ1n) is 7.88. The highest BCUT2D eigenvalue weighted by molar-refractivity contribution is 7.99. The lowest BCUT2D eigenvalue weighted by Crippen LogP contribution is -2.38. The molecule has 2 N–H and O–H groups in total. The zero-order valence-electron chi connectivity index (χ0n) is 12.9. The van der Waals surface area contributed by atoms with Crippen LogP contribution in [0.15, 0.2) is 41.7 Å². The Balaban J connectivity index is 1.62. The van der Waals surface area contributed by atoms with E-state index in [-0.39, 0.29) is 0 Å². The molecule has 0 radical (unpaired) electrons. The van der Waals surface area contributed by atoms with E-state index in [1.165, 1.54) is 5.70 Å². The van der Waals surface area contributed by atoms with Crippen molar-refractivity contribution < 1.29 is 4.74 Å². The highest BCUT2D eigenvalue weighted by Crippen LogP contribution is 2.32. The number of nitrogen functional groups attached to an aromatic ring is 1. The summed E-state index contributed by atoms with van der Waals surface area (Å²) in [5.41, 5.74) is 10.1. The van der Waals surface area contributed by atoms with Crippen LogP contribution in [0, 0.1) is 0 Å². The fraction of sp³-hybridized carbons (Fsp3) is 0.353. The maximum Gasteiger partial charge on any atom is 0.173 e. The van der Waals surface area contributed by atoms with Gasteiger partial charge in [0.15, 0.2) is 5.16 Å². The van der Waals surface area contributed by atoms with Gasteiger partial charge in [0.1, 0.15) is 0 Å². The average molecular weight is 328 g/mol. The lowest BCUT2D eigenvalue weighted by molar-refractivity contribution is 0.0438. The van der Waals surface area contributed by atoms with Crippen molar-refractivity contribution in [2.45, 2.75) is 5.16 Å². The molecule has 0 atom stereocenters. The Kier molecular flexibility index (Phi) is 4.11. The van der Waals surface area contributed by atoms with Crippen LogP contribution in [-0.4, -0.2) is 53.1 Å². The zero-order valence-corrected chi connectivity index (χ0v) is 13.8. The molecule has 2 aliphatic rings. The lowest BCUT2D eigenvalue weighted by Gasteiger charge is -2.28. The molecule has 0 amide bonds. The number of hydrogen-bond donors (Lipinski definition) is 1. The van der Waals surface area contributed by atoms with Crippen LogP contribution < -0.4 is 5.73 Å². The van der Waals surface area contributed by atoms with E-state index in [9.17, 15) is 0 Å². The molecule has 0 unspecified atom stereocenters. The zero-order chi connectivity index (χ0) is 15.6. The van der Waals surface area contributed by atoms with Crippen molar-refractivity contribution in [2.75, 3.05) is 44.3 Å². The number of anilines is 1. The average Bonchev–Trinajstić information content (AvgIpc) is 3.01. The van der Waals surface area contributed by atoms with Crippen LogP contribution in [0.25, 0.3) is 17.0 Å². The SMILES string of the molecule is Nc1ccccc1-c1cn2c(n1)SCC=C2CN1CCOCC1. The van der Waals surface area contributed by atoms with Crippen LogP contribution >= 0.6 is 11.8 Å². The van der Waals surface area contributed by atoms with E-state index in [0.717, 1.165) is 60.7 Å². The summed E-state index contributed by atoms with van der Waals surface area (Å²) in [5, 5.41) is 1.05. The number of rotatable bonds is 3. The third kappa shape index (κ3) is 3.02. The molecule has 6 heteroatoms. The fourth-order valence-corrected chi connectivity index (χ4v) is 3.87. The molecule has 1 fully saturated rings. The number of ether oxygens (including phenoxy) is 1. The van der Waals surface area contributed by atoms with Crippen LogP contribution in [0.1, 0.15) is 0 Å². The second-order valence-corrected chi connectivity index (χ2v) is 6.75. The normalized spacial score (nSPS) is 18.5. The molecule has 2 aromatic rings. The van der Waals surface area contributed by atoms with Gasteiger partial charge in [-0.25, -0.2) is 4.98 Å². The molecule has 1 aromatic heterocycles. The van der Waals surface area contributed by atoms with Gasteiger partial charge in [0.25, 0.3) is 0 Å². The summed E-state index contributed by atoms with van der Waals surface area (Å²) in [7, 11) is 0. The first kappa shape index (κ1) is 14.8. The molecule has 23 heavy (non-hydrogen) atoms. The third-order valence-corrected chi connectivity index (χ3v) is 5.12. The quantitative estimate of drug-likeness (QED) is 0.877. The second kappa shape index (κ2) is 6.39. The minimum Gasteiger partial charge on any atom is -0.398 e. The van der Waals surface area contributed by atoms with Crippen LogP contribution in [0.2, 0.25) is 0 Å². The van der Waals surface area contributed by atoms with Crippen molar-refractivity contribution >= 4 is 23.1 Å². The topological polar surface area (TPSA) is 56.3 Å². The molecule has 3 heterocycles. The van der Waals surface area contributed by atoms with Crippen molar-refractivity contribution in [3.63, 3.8) is 0 Å². The van der Waals surface area contributed by atoms with Crippen LogP contribution in [0.5, 0.6) is 0 Å². The second-order valence-electron chi connectivity index (χ2n) is 5.76. The summed E-state index contributed by atoms with van der Waals surface area (Å²) in [4.78, 5) is 7.22. The first-order valence-corrected chi connectivity index (χ1v) is 8.86. The number of imidazole rings is 1. The maximum atomic E-state index is 6.10. The van der Waals surface area contributed by atoms with Gasteiger partial charge in [-0.3, -0.25) is 9.47 Å². The van der Waals surface area contributed by atoms with Gasteiger partial charge in [0.05, 0.1) is 18.9 Å². The predicted molar refractivity (Wildman–Crippen MR) is 94.3 cm³/mol. The summed E-state index contributed by atoms with van der Waals surface area (Å²) in [6, 6.07) is 7.90. The van der Waals surface area contributed by atoms with Crippen LogP contribution in [0.4, 0.5) is 5.69 Å². The highest BCUT2D eigenvalue weighted by Gasteiger charge is 2.20. The number of nitrogens with two attached hydrogens (primary N) is 1. The number of aromatic nitrogens is 2. The van der Waals surface area contributed by atoms with Crippen molar-refractivity contribution in [3.05, 3.63) is 36.5 Å². The molecular formula is C17H20N4OS. The largest absolute Gasteiger partial charge is 0.398 e. The van der Waals surface area contributed by atoms with Gasteiger partial charge in [-0.05, 0) is 6.07 Å². The number of morpholine rings is 1. The number of fused-ring (bicyclic) bond motifs is 1. The van der Waals surface area contributed by atoms with Gasteiger partial charge in [0.2, 0.25) is 0 Å². The molecule has 0 saturated carbocycles. The maximum absolute atomic E-state index is 6.10. The standard InChI is InChI=1S/C17H20N4OS/c18-15-4-2-1-3-14(15)16-12-21-13(5-10-23-17(21)19-16)11-20-6-8-22-9-7-20/h1-5,12H,6-11,18H2. The summed E-state index contributed by atoms with van der Waals surface area (Å²) >= 11 is 1.77. The number of hydrogen-bond acceptors (Lipinski definition) is 5. The first-order chi connectivity index (χ1) is 11.3. The van der Waals surface area contributed by atoms with E-state index in [0.29, 0.717) is 0 Å². The Morgan fingerprint density at radius 1 is 1.22 bits per heavy atom. The molecule has 120 valence electrons. The van der Waals surface area contributed by atoms with E-state index in [1.54, 1.807) is 11.8 Å². The summed E-state index contributed by atoms with van der Waals surface area (Å²) in [5.74, 6) is 0.973. The van der Waals surface area contributed by atoms with Gasteiger partial charge in [-0.15, -0.1) is 0 Å². The van der Waals surface area contributed by atoms with Crippen molar-refractivity contribution in [1.29, 1.82) is 0 Å². The van der Waals surface area contributed by atoms with Crippen LogP contribution in [0.3, 0.4) is 0 Å². The number of thioether (sulfide) groups is 1. The molecule has 2 aliphatic heterocycles. The molecule has 1 aromatic carbocycles. The number of nitrogens with zero attached hydrogens (tertiary/aromatic N) is 3. The molecule has 0 spiro atoms. The summed E-state index contributed by atoms with van der Waals surface area (Å²) in [6.07, 6.45) is 4.41. The van der Waals surface area contributed by atoms with Gasteiger partial charge in [-0.1, -0.05) is 36.0 Å². The van der Waals surface area contributed by atoms with Gasteiger partial charge < -0.3 is 10.5 Å². The predicted octanol–water partition coefficient (Wildman–Crippen LogP) is 2.41. The molecule has 0 aliphatic carbocycles. The van der Waals surface area contributed by atoms with E-state index in [1.807, 2.05) is 24.3 Å². The van der Waals surface area contributed by atoms with E-state index >= 15 is 0 Å². The Hall–Kier alpha value is -1.76. The number of para-hydroxylation sites is 1. The van der Waals surface area contributed by atoms with Crippen molar-refractivity contribution in [2.24, 2.45) is 0 Å². The van der Waals surface area contributed by atoms with E-state index in [4.69, 9.17) is 15.5 Å². The Labute approximate surface area is 140 Å². The lowest BCUT2D eigenvalue weighted by atomic mass is 10.1. The summed E-state index contributed by atoms with van der Waals surface area (Å²) in [6.45, 7) is 4.58. The summed E-state index contributed by atoms with van der Waals surface area (Å²) < 4.78 is 7.65. The third-order valence-electron chi connectivity index (χ3n) is 4.24. The smallest absolute Gasteiger partial charge is 0.173 e. The van der Waals surface area contributed by atoms with Crippen LogP contribution in [-0.2, 0) is 4.74 Å². The fourth-order valence-electron chi connectivity index (χ4n) is 2.97. The molecule has 5 nitrogen and oxygen atoms in total. The monoisotopic (exact) mass is 328 g/mol. The van der Waals surface area contributed by atoms with E-state index in [2.05, 4.69) is 21.7 Å². The molecular weight excluding hydrogens is 308 g/mol. The number of benzene rings is 1. The Bertz CT molecular complexity index is 734. The molecule has 4 rings (SSSR count). The highest BCUT2D eigenvalue weighted by atomic mass is 32.2. The Morgan fingerprint density at radius 2 is 2.04 bits per heavy atom. The minimum atomic E-state index is 0.770. The molecule has 1 saturated heterocycles. The van der Waals surface area contributed by atoms with Crippen molar-refractivity contribution in [3.8, 4) is 11.3 Å². The van der Waals surface area contributed by atoms with Gasteiger partial charge in [-0.2, -0.15) is 0 Å². The minimum absolute atomic E-state index is 0.770. The molecule has 0 bridgehead atoms.